The summed E-state index contributed by atoms with van der Waals surface area (Å²) in [5, 5.41) is -17.3. The highest BCUT2D eigenvalue weighted by Gasteiger charge is 2.89. The standard InChI is InChI=1S/C13H22N2O4S2.C7F14N2O4S2/c14-15-13(20(16,17)11-7-3-1-4-8-11)21(18,19)12-9-5-2-6-10-12;8-2(4(10,11)12,5(13,14)15)28(24,25)1(23-22)29(26,27)3(9,6(16,17)18)7(19,20)21/h11-12H,1-10H2;. The lowest BCUT2D eigenvalue weighted by molar-refractivity contribution is -0.305. The van der Waals surface area contributed by atoms with Crippen molar-refractivity contribution >= 4 is 48.1 Å². The molecule has 30 heteroatoms. The number of alkyl halides is 14. The van der Waals surface area contributed by atoms with Gasteiger partial charge in [-0.3, -0.25) is 0 Å². The Morgan fingerprint density at radius 3 is 0.820 bits per heavy atom. The molecule has 0 aromatic rings. The summed E-state index contributed by atoms with van der Waals surface area (Å²) in [6.07, 6.45) is -24.5. The van der Waals surface area contributed by atoms with Crippen LogP contribution in [0.25, 0.3) is 11.1 Å². The van der Waals surface area contributed by atoms with Gasteiger partial charge in [0.1, 0.15) is 0 Å². The molecule has 0 saturated heterocycles. The highest BCUT2D eigenvalue weighted by molar-refractivity contribution is 8.32. The van der Waals surface area contributed by atoms with Gasteiger partial charge in [-0.1, -0.05) is 38.5 Å². The second-order valence-electron chi connectivity index (χ2n) is 10.5. The first kappa shape index (κ1) is 45.6. The molecule has 0 aromatic carbocycles. The summed E-state index contributed by atoms with van der Waals surface area (Å²) in [4.78, 5) is 3.20. The van der Waals surface area contributed by atoms with E-state index in [0.717, 1.165) is 38.5 Å². The number of sulfone groups is 4. The summed E-state index contributed by atoms with van der Waals surface area (Å²) in [6, 6.07) is 0. The van der Waals surface area contributed by atoms with Crippen molar-refractivity contribution in [2.75, 3.05) is 0 Å². The zero-order valence-electron chi connectivity index (χ0n) is 24.2. The molecule has 2 saturated carbocycles. The van der Waals surface area contributed by atoms with Crippen LogP contribution in [0.4, 0.5) is 61.5 Å². The summed E-state index contributed by atoms with van der Waals surface area (Å²) in [5.41, 5.74) is 17.1. The molecule has 0 unspecified atom stereocenters. The van der Waals surface area contributed by atoms with Crippen LogP contribution in [-0.2, 0) is 39.3 Å². The Labute approximate surface area is 273 Å². The number of nitrogens with zero attached hydrogens (tertiary/aromatic N) is 4. The van der Waals surface area contributed by atoms with E-state index >= 15 is 0 Å². The third-order valence-electron chi connectivity index (χ3n) is 7.29. The van der Waals surface area contributed by atoms with Gasteiger partial charge in [0.05, 0.1) is 10.5 Å². The number of hydrogen-bond donors (Lipinski definition) is 0. The Balaban J connectivity index is 0.000000523. The van der Waals surface area contributed by atoms with Crippen molar-refractivity contribution in [3.8, 4) is 0 Å². The van der Waals surface area contributed by atoms with E-state index in [1.54, 1.807) is 0 Å². The summed E-state index contributed by atoms with van der Waals surface area (Å²) in [5.74, 6) is 0. The molecule has 2 fully saturated rings. The largest absolute Gasteiger partial charge is 0.502 e. The predicted molar refractivity (Wildman–Crippen MR) is 139 cm³/mol. The molecule has 12 nitrogen and oxygen atoms in total. The fourth-order valence-electron chi connectivity index (χ4n) is 4.74. The van der Waals surface area contributed by atoms with Gasteiger partial charge in [0.2, 0.25) is 0 Å². The van der Waals surface area contributed by atoms with Crippen molar-refractivity contribution < 1.29 is 105 Å². The molecule has 0 aromatic heterocycles. The highest BCUT2D eigenvalue weighted by Crippen LogP contribution is 2.54. The molecule has 0 atom stereocenters. The van der Waals surface area contributed by atoms with Gasteiger partial charge in [-0.15, -0.1) is 9.58 Å². The second-order valence-corrected chi connectivity index (χ2v) is 19.2. The minimum Gasteiger partial charge on any atom is -0.359 e. The molecule has 2 rings (SSSR count). The highest BCUT2D eigenvalue weighted by atomic mass is 32.3. The lowest BCUT2D eigenvalue weighted by atomic mass is 10.0. The Kier molecular flexibility index (Phi) is 13.3. The van der Waals surface area contributed by atoms with Gasteiger partial charge in [0.25, 0.3) is 19.7 Å². The van der Waals surface area contributed by atoms with E-state index in [9.17, 15) is 95.1 Å². The van der Waals surface area contributed by atoms with Gasteiger partial charge < -0.3 is 11.1 Å². The molecular weight excluding hydrogens is 818 g/mol. The zero-order chi connectivity index (χ0) is 39.8. The molecule has 0 heterocycles. The topological polar surface area (TPSA) is 209 Å². The van der Waals surface area contributed by atoms with E-state index in [2.05, 4.69) is 4.79 Å². The van der Waals surface area contributed by atoms with Gasteiger partial charge in [-0.2, -0.15) is 52.7 Å². The van der Waals surface area contributed by atoms with E-state index in [1.165, 1.54) is 0 Å². The van der Waals surface area contributed by atoms with Crippen LogP contribution in [-0.4, -0.2) is 97.2 Å². The second kappa shape index (κ2) is 14.5. The Morgan fingerprint density at radius 1 is 0.420 bits per heavy atom. The molecule has 50 heavy (non-hydrogen) atoms. The van der Waals surface area contributed by atoms with Crippen LogP contribution >= 0.6 is 0 Å². The molecule has 0 aliphatic heterocycles. The van der Waals surface area contributed by atoms with Crippen molar-refractivity contribution in [2.24, 2.45) is 0 Å². The molecule has 0 N–H and O–H groups in total. The summed E-state index contributed by atoms with van der Waals surface area (Å²) >= 11 is 0. The molecular formula is C20H22F14N4O8S4. The van der Waals surface area contributed by atoms with E-state index in [-0.39, 0.29) is 0 Å². The molecule has 292 valence electrons. The van der Waals surface area contributed by atoms with Crippen LogP contribution in [0.15, 0.2) is 0 Å². The van der Waals surface area contributed by atoms with Gasteiger partial charge >= 0.3 is 63.1 Å². The summed E-state index contributed by atoms with van der Waals surface area (Å²) in [7, 11) is -25.6. The van der Waals surface area contributed by atoms with Crippen molar-refractivity contribution in [1.82, 2.24) is 0 Å². The van der Waals surface area contributed by atoms with Gasteiger partial charge in [-0.05, 0) is 25.7 Å². The summed E-state index contributed by atoms with van der Waals surface area (Å²) in [6.45, 7) is 0. The average Bonchev–Trinajstić information content (AvgIpc) is 2.95. The van der Waals surface area contributed by atoms with Crippen molar-refractivity contribution in [1.29, 1.82) is 0 Å². The third-order valence-corrected chi connectivity index (χ3v) is 17.3. The smallest absolute Gasteiger partial charge is 0.359 e. The minimum atomic E-state index is -8.73. The maximum absolute atomic E-state index is 13.6. The maximum Gasteiger partial charge on any atom is 0.502 e. The van der Waals surface area contributed by atoms with E-state index in [1.807, 2.05) is 0 Å². The Morgan fingerprint density at radius 2 is 0.640 bits per heavy atom. The molecule has 2 aliphatic rings. The Bertz CT molecular complexity index is 1670. The van der Waals surface area contributed by atoms with Gasteiger partial charge in [-0.25, -0.2) is 42.5 Å². The van der Waals surface area contributed by atoms with Crippen LogP contribution in [0.2, 0.25) is 0 Å². The molecule has 0 amide bonds. The third kappa shape index (κ3) is 7.83. The molecule has 0 bridgehead atoms. The van der Waals surface area contributed by atoms with Crippen LogP contribution in [0.3, 0.4) is 0 Å². The number of rotatable bonds is 4. The fraction of sp³-hybridized carbons (Fsp3) is 0.900. The van der Waals surface area contributed by atoms with Crippen LogP contribution in [0.1, 0.15) is 64.2 Å². The first-order valence-corrected chi connectivity index (χ1v) is 19.2. The predicted octanol–water partition coefficient (Wildman–Crippen LogP) is 5.05. The minimum absolute atomic E-state index is 0.446. The Hall–Kier alpha value is -2.42. The fourth-order valence-corrected chi connectivity index (χ4v) is 13.3. The van der Waals surface area contributed by atoms with Crippen LogP contribution in [0.5, 0.6) is 0 Å². The maximum atomic E-state index is 13.6. The monoisotopic (exact) mass is 840 g/mol. The van der Waals surface area contributed by atoms with E-state index in [0.29, 0.717) is 30.5 Å². The van der Waals surface area contributed by atoms with E-state index in [4.69, 9.17) is 11.1 Å². The quantitative estimate of drug-likeness (QED) is 0.123. The van der Waals surface area contributed by atoms with E-state index < -0.39 is 93.3 Å². The molecule has 0 radical (unpaired) electrons. The van der Waals surface area contributed by atoms with Crippen molar-refractivity contribution in [3.05, 3.63) is 11.1 Å². The van der Waals surface area contributed by atoms with Crippen LogP contribution in [0, 0.1) is 0 Å². The first-order valence-electron chi connectivity index (χ1n) is 13.2. The van der Waals surface area contributed by atoms with Gasteiger partial charge in [0.15, 0.2) is 0 Å². The molecule has 0 spiro atoms. The SMILES string of the molecule is [N-]=[N+]=C(S(=O)(=O)C(F)(C(F)(F)F)C(F)(F)F)S(=O)(=O)C(F)(C(F)(F)F)C(F)(F)F.[N-]=[N+]=C(S(=O)(=O)C1CCCCC1)S(=O)(=O)C1CCCCC1. The number of halogens is 14. The number of hydrogen-bond acceptors (Lipinski definition) is 8. The summed E-state index contributed by atoms with van der Waals surface area (Å²) < 4.78 is 265. The van der Waals surface area contributed by atoms with Crippen LogP contribution < -0.4 is 0 Å². The normalized spacial score (nSPS) is 18.7. The van der Waals surface area contributed by atoms with Crippen molar-refractivity contribution in [3.63, 3.8) is 0 Å². The lowest BCUT2D eigenvalue weighted by Crippen LogP contribution is -2.66. The van der Waals surface area contributed by atoms with Gasteiger partial charge in [0, 0.05) is 0 Å². The zero-order valence-corrected chi connectivity index (χ0v) is 27.5. The lowest BCUT2D eigenvalue weighted by Gasteiger charge is -2.30. The average molecular weight is 841 g/mol. The first-order chi connectivity index (χ1) is 22.1. The molecule has 2 aliphatic carbocycles. The van der Waals surface area contributed by atoms with Crippen molar-refractivity contribution in [2.45, 2.75) is 109 Å².